The van der Waals surface area contributed by atoms with Gasteiger partial charge in [-0.25, -0.2) is 4.98 Å². The highest BCUT2D eigenvalue weighted by Gasteiger charge is 2.09. The SMILES string of the molecule is CNc1cn2ccnc2c(Oc2ccc(C)nc2)n1. The van der Waals surface area contributed by atoms with Gasteiger partial charge in [-0.2, -0.15) is 4.98 Å². The standard InChI is InChI=1S/C13H13N5O/c1-9-3-4-10(7-16-9)19-13-12-15-5-6-18(12)8-11(14-2)17-13/h3-8,14H,1-2H3. The molecule has 0 radical (unpaired) electrons. The van der Waals surface area contributed by atoms with Crippen molar-refractivity contribution in [3.63, 3.8) is 0 Å². The smallest absolute Gasteiger partial charge is 0.265 e. The van der Waals surface area contributed by atoms with Crippen LogP contribution in [0.4, 0.5) is 5.82 Å². The van der Waals surface area contributed by atoms with Crippen molar-refractivity contribution in [1.82, 2.24) is 19.4 Å². The summed E-state index contributed by atoms with van der Waals surface area (Å²) in [5.74, 6) is 1.79. The van der Waals surface area contributed by atoms with Crippen molar-refractivity contribution < 1.29 is 4.74 Å². The van der Waals surface area contributed by atoms with E-state index in [1.165, 1.54) is 0 Å². The van der Waals surface area contributed by atoms with Crippen LogP contribution in [-0.4, -0.2) is 26.4 Å². The number of pyridine rings is 1. The van der Waals surface area contributed by atoms with Gasteiger partial charge in [-0.05, 0) is 19.1 Å². The number of imidazole rings is 1. The second-order valence-electron chi connectivity index (χ2n) is 4.08. The van der Waals surface area contributed by atoms with Gasteiger partial charge in [0, 0.05) is 25.1 Å². The van der Waals surface area contributed by atoms with Gasteiger partial charge in [-0.3, -0.25) is 9.38 Å². The Labute approximate surface area is 110 Å². The van der Waals surface area contributed by atoms with Gasteiger partial charge in [0.1, 0.15) is 11.6 Å². The summed E-state index contributed by atoms with van der Waals surface area (Å²) in [6.45, 7) is 1.93. The predicted molar refractivity (Wildman–Crippen MR) is 71.6 cm³/mol. The van der Waals surface area contributed by atoms with E-state index < -0.39 is 0 Å². The zero-order valence-electron chi connectivity index (χ0n) is 10.7. The van der Waals surface area contributed by atoms with E-state index in [0.717, 1.165) is 5.69 Å². The summed E-state index contributed by atoms with van der Waals surface area (Å²) in [4.78, 5) is 12.8. The lowest BCUT2D eigenvalue weighted by molar-refractivity contribution is 0.463. The van der Waals surface area contributed by atoms with E-state index in [9.17, 15) is 0 Å². The highest BCUT2D eigenvalue weighted by Crippen LogP contribution is 2.24. The highest BCUT2D eigenvalue weighted by molar-refractivity contribution is 5.54. The van der Waals surface area contributed by atoms with Crippen LogP contribution < -0.4 is 10.1 Å². The van der Waals surface area contributed by atoms with Gasteiger partial charge in [-0.1, -0.05) is 0 Å². The topological polar surface area (TPSA) is 64.3 Å². The fourth-order valence-electron chi connectivity index (χ4n) is 1.72. The Morgan fingerprint density at radius 2 is 2.16 bits per heavy atom. The van der Waals surface area contributed by atoms with E-state index in [-0.39, 0.29) is 0 Å². The molecule has 0 unspecified atom stereocenters. The monoisotopic (exact) mass is 255 g/mol. The van der Waals surface area contributed by atoms with Crippen molar-refractivity contribution in [2.45, 2.75) is 6.92 Å². The van der Waals surface area contributed by atoms with Crippen LogP contribution in [0.1, 0.15) is 5.69 Å². The van der Waals surface area contributed by atoms with Crippen LogP contribution in [0, 0.1) is 6.92 Å². The first-order valence-electron chi connectivity index (χ1n) is 5.88. The highest BCUT2D eigenvalue weighted by atomic mass is 16.5. The molecule has 0 saturated heterocycles. The lowest BCUT2D eigenvalue weighted by Crippen LogP contribution is -1.99. The summed E-state index contributed by atoms with van der Waals surface area (Å²) in [5, 5.41) is 2.99. The molecule has 0 aliphatic carbocycles. The fourth-order valence-corrected chi connectivity index (χ4v) is 1.72. The van der Waals surface area contributed by atoms with Crippen molar-refractivity contribution in [2.24, 2.45) is 0 Å². The average molecular weight is 255 g/mol. The van der Waals surface area contributed by atoms with Gasteiger partial charge in [0.05, 0.1) is 12.4 Å². The van der Waals surface area contributed by atoms with E-state index in [4.69, 9.17) is 4.74 Å². The third-order valence-electron chi connectivity index (χ3n) is 2.70. The van der Waals surface area contributed by atoms with Crippen LogP contribution in [0.3, 0.4) is 0 Å². The van der Waals surface area contributed by atoms with E-state index in [1.807, 2.05) is 42.9 Å². The van der Waals surface area contributed by atoms with Crippen LogP contribution in [0.5, 0.6) is 11.6 Å². The molecule has 0 amide bonds. The van der Waals surface area contributed by atoms with E-state index >= 15 is 0 Å². The van der Waals surface area contributed by atoms with Crippen molar-refractivity contribution in [2.75, 3.05) is 12.4 Å². The van der Waals surface area contributed by atoms with Crippen molar-refractivity contribution >= 4 is 11.5 Å². The van der Waals surface area contributed by atoms with Crippen LogP contribution >= 0.6 is 0 Å². The normalized spacial score (nSPS) is 10.6. The zero-order chi connectivity index (χ0) is 13.2. The molecule has 3 heterocycles. The molecule has 0 aliphatic rings. The summed E-state index contributed by atoms with van der Waals surface area (Å²) >= 11 is 0. The Morgan fingerprint density at radius 3 is 2.89 bits per heavy atom. The second-order valence-corrected chi connectivity index (χ2v) is 4.08. The number of nitrogens with one attached hydrogen (secondary N) is 1. The Kier molecular flexibility index (Phi) is 2.75. The minimum absolute atomic E-state index is 0.447. The molecule has 6 heteroatoms. The van der Waals surface area contributed by atoms with Crippen LogP contribution in [0.15, 0.2) is 36.9 Å². The average Bonchev–Trinajstić information content (AvgIpc) is 2.89. The Bertz CT molecular complexity index is 705. The Hall–Kier alpha value is -2.63. The maximum atomic E-state index is 5.75. The number of nitrogens with zero attached hydrogens (tertiary/aromatic N) is 4. The molecule has 0 aromatic carbocycles. The summed E-state index contributed by atoms with van der Waals surface area (Å²) in [7, 11) is 1.81. The number of anilines is 1. The van der Waals surface area contributed by atoms with Gasteiger partial charge in [-0.15, -0.1) is 0 Å². The number of hydrogen-bond donors (Lipinski definition) is 1. The van der Waals surface area contributed by atoms with E-state index in [1.54, 1.807) is 12.4 Å². The van der Waals surface area contributed by atoms with E-state index in [0.29, 0.717) is 23.1 Å². The molecule has 0 aliphatic heterocycles. The number of aromatic nitrogens is 4. The first-order valence-corrected chi connectivity index (χ1v) is 5.88. The molecule has 0 bridgehead atoms. The van der Waals surface area contributed by atoms with Gasteiger partial charge in [0.15, 0.2) is 0 Å². The van der Waals surface area contributed by atoms with E-state index in [2.05, 4.69) is 20.3 Å². The number of fused-ring (bicyclic) bond motifs is 1. The first kappa shape index (κ1) is 11.5. The predicted octanol–water partition coefficient (Wildman–Crippen LogP) is 2.27. The van der Waals surface area contributed by atoms with Gasteiger partial charge in [0.2, 0.25) is 5.65 Å². The number of rotatable bonds is 3. The molecule has 0 atom stereocenters. The molecule has 3 aromatic heterocycles. The van der Waals surface area contributed by atoms with Gasteiger partial charge >= 0.3 is 0 Å². The van der Waals surface area contributed by atoms with Gasteiger partial charge in [0.25, 0.3) is 5.88 Å². The van der Waals surface area contributed by atoms with Crippen molar-refractivity contribution in [3.8, 4) is 11.6 Å². The molecule has 19 heavy (non-hydrogen) atoms. The lowest BCUT2D eigenvalue weighted by Gasteiger charge is -2.08. The summed E-state index contributed by atoms with van der Waals surface area (Å²) in [6, 6.07) is 3.75. The zero-order valence-corrected chi connectivity index (χ0v) is 10.7. The summed E-state index contributed by atoms with van der Waals surface area (Å²) < 4.78 is 7.61. The van der Waals surface area contributed by atoms with Gasteiger partial charge < -0.3 is 10.1 Å². The molecule has 0 saturated carbocycles. The molecule has 0 spiro atoms. The Balaban J connectivity index is 2.03. The lowest BCUT2D eigenvalue weighted by atomic mass is 10.4. The molecule has 1 N–H and O–H groups in total. The van der Waals surface area contributed by atoms with Crippen LogP contribution in [0.25, 0.3) is 5.65 Å². The molecule has 96 valence electrons. The maximum Gasteiger partial charge on any atom is 0.265 e. The third-order valence-corrected chi connectivity index (χ3v) is 2.70. The van der Waals surface area contributed by atoms with Crippen molar-refractivity contribution in [1.29, 1.82) is 0 Å². The molecular weight excluding hydrogens is 242 g/mol. The molecular formula is C13H13N5O. The van der Waals surface area contributed by atoms with Crippen LogP contribution in [0.2, 0.25) is 0 Å². The quantitative estimate of drug-likeness (QED) is 0.777. The number of ether oxygens (including phenoxy) is 1. The fraction of sp³-hybridized carbons (Fsp3) is 0.154. The number of aryl methyl sites for hydroxylation is 1. The van der Waals surface area contributed by atoms with Crippen LogP contribution in [-0.2, 0) is 0 Å². The number of hydrogen-bond acceptors (Lipinski definition) is 5. The Morgan fingerprint density at radius 1 is 1.26 bits per heavy atom. The minimum atomic E-state index is 0.447. The third kappa shape index (κ3) is 2.20. The minimum Gasteiger partial charge on any atom is -0.434 e. The molecule has 3 rings (SSSR count). The molecule has 3 aromatic rings. The first-order chi connectivity index (χ1) is 9.26. The second kappa shape index (κ2) is 4.56. The van der Waals surface area contributed by atoms with Crippen molar-refractivity contribution in [3.05, 3.63) is 42.6 Å². The maximum absolute atomic E-state index is 5.75. The summed E-state index contributed by atoms with van der Waals surface area (Å²) in [6.07, 6.45) is 7.07. The summed E-state index contributed by atoms with van der Waals surface area (Å²) in [5.41, 5.74) is 1.61. The molecule has 0 fully saturated rings. The molecule has 6 nitrogen and oxygen atoms in total. The largest absolute Gasteiger partial charge is 0.434 e.